The Bertz CT molecular complexity index is 420. The third-order valence-electron chi connectivity index (χ3n) is 3.80. The van der Waals surface area contributed by atoms with Crippen molar-refractivity contribution in [3.8, 4) is 0 Å². The molecule has 2 rings (SSSR count). The van der Waals surface area contributed by atoms with Crippen LogP contribution < -0.4 is 0 Å². The van der Waals surface area contributed by atoms with Crippen LogP contribution in [0.15, 0.2) is 0 Å². The van der Waals surface area contributed by atoms with Crippen LogP contribution in [0.5, 0.6) is 0 Å². The van der Waals surface area contributed by atoms with Crippen LogP contribution in [0.4, 0.5) is 4.79 Å². The molecule has 1 heterocycles. The molecule has 21 heavy (non-hydrogen) atoms. The number of carboxylic acids is 1. The van der Waals surface area contributed by atoms with Gasteiger partial charge in [0.05, 0.1) is 17.5 Å². The molecule has 7 heteroatoms. The summed E-state index contributed by atoms with van der Waals surface area (Å²) in [6.07, 6.45) is 2.12. The predicted molar refractivity (Wildman–Crippen MR) is 81.2 cm³/mol. The van der Waals surface area contributed by atoms with Gasteiger partial charge in [0.15, 0.2) is 0 Å². The van der Waals surface area contributed by atoms with E-state index in [4.69, 9.17) is 0 Å². The van der Waals surface area contributed by atoms with Crippen molar-refractivity contribution >= 4 is 23.8 Å². The fourth-order valence-electron chi connectivity index (χ4n) is 2.65. The average Bonchev–Trinajstić information content (AvgIpc) is 3.12. The van der Waals surface area contributed by atoms with Crippen LogP contribution in [0, 0.1) is 5.92 Å². The lowest BCUT2D eigenvalue weighted by atomic mass is 10.1. The molecule has 2 fully saturated rings. The van der Waals surface area contributed by atoms with Gasteiger partial charge in [-0.15, -0.1) is 11.8 Å². The number of carbonyl (C=O) groups is 2. The van der Waals surface area contributed by atoms with Gasteiger partial charge in [0.1, 0.15) is 6.04 Å². The third-order valence-corrected chi connectivity index (χ3v) is 5.26. The van der Waals surface area contributed by atoms with Crippen molar-refractivity contribution in [2.24, 2.45) is 5.92 Å². The van der Waals surface area contributed by atoms with Crippen LogP contribution in [0.1, 0.15) is 33.6 Å². The smallest absolute Gasteiger partial charge is 0.327 e. The zero-order valence-corrected chi connectivity index (χ0v) is 13.6. The Morgan fingerprint density at radius 1 is 1.38 bits per heavy atom. The second-order valence-corrected chi connectivity index (χ2v) is 7.58. The van der Waals surface area contributed by atoms with Gasteiger partial charge in [-0.2, -0.15) is 0 Å². The second-order valence-electron chi connectivity index (χ2n) is 6.43. The summed E-state index contributed by atoms with van der Waals surface area (Å²) in [4.78, 5) is 27.3. The van der Waals surface area contributed by atoms with Crippen molar-refractivity contribution < 1.29 is 19.8 Å². The molecule has 6 nitrogen and oxygen atoms in total. The Labute approximate surface area is 129 Å². The van der Waals surface area contributed by atoms with Crippen molar-refractivity contribution in [2.45, 2.75) is 50.6 Å². The van der Waals surface area contributed by atoms with E-state index in [1.54, 1.807) is 25.6 Å². The highest BCUT2D eigenvalue weighted by Gasteiger charge is 2.49. The third kappa shape index (κ3) is 3.83. The second kappa shape index (κ2) is 6.04. The zero-order valence-electron chi connectivity index (χ0n) is 12.8. The van der Waals surface area contributed by atoms with Gasteiger partial charge in [-0.1, -0.05) is 0 Å². The minimum Gasteiger partial charge on any atom is -0.480 e. The lowest BCUT2D eigenvalue weighted by Gasteiger charge is -2.35. The lowest BCUT2D eigenvalue weighted by Crippen LogP contribution is -2.54. The molecule has 2 unspecified atom stereocenters. The van der Waals surface area contributed by atoms with Crippen LogP contribution >= 0.6 is 11.8 Å². The number of likely N-dealkylation sites (N-methyl/N-ethyl adjacent to an activating group) is 1. The van der Waals surface area contributed by atoms with Crippen molar-refractivity contribution in [1.82, 2.24) is 9.80 Å². The number of thioether (sulfide) groups is 1. The molecule has 2 amide bonds. The molecule has 0 radical (unpaired) electrons. The summed E-state index contributed by atoms with van der Waals surface area (Å²) in [5, 5.41) is 19.3. The van der Waals surface area contributed by atoms with Crippen LogP contribution in [0.3, 0.4) is 0 Å². The molecule has 1 aliphatic carbocycles. The van der Waals surface area contributed by atoms with E-state index in [0.29, 0.717) is 18.2 Å². The first-order chi connectivity index (χ1) is 9.74. The standard InChI is InChI=1S/C14H24N2O4S/c1-4-15(8-14(2,3)20)13(19)16-10(12(17)18)7-21-11(16)9-5-6-9/h9-11,20H,4-8H2,1-3H3,(H,17,18). The molecule has 1 saturated heterocycles. The van der Waals surface area contributed by atoms with Crippen molar-refractivity contribution in [2.75, 3.05) is 18.8 Å². The molecule has 0 aromatic heterocycles. The van der Waals surface area contributed by atoms with Crippen LogP contribution in [-0.4, -0.2) is 67.9 Å². The molecule has 2 N–H and O–H groups in total. The number of carbonyl (C=O) groups excluding carboxylic acids is 1. The molecule has 2 atom stereocenters. The first kappa shape index (κ1) is 16.4. The molecular weight excluding hydrogens is 292 g/mol. The number of urea groups is 1. The minimum atomic E-state index is -0.994. The normalized spacial score (nSPS) is 26.0. The molecule has 1 saturated carbocycles. The number of aliphatic carboxylic acids is 1. The van der Waals surface area contributed by atoms with Crippen molar-refractivity contribution in [1.29, 1.82) is 0 Å². The highest BCUT2D eigenvalue weighted by Crippen LogP contribution is 2.45. The fraction of sp³-hybridized carbons (Fsp3) is 0.857. The predicted octanol–water partition coefficient (Wildman–Crippen LogP) is 1.44. The Balaban J connectivity index is 2.17. The van der Waals surface area contributed by atoms with Gasteiger partial charge in [-0.3, -0.25) is 4.90 Å². The summed E-state index contributed by atoms with van der Waals surface area (Å²) in [5.41, 5.74) is -0.994. The number of carboxylic acid groups (broad SMARTS) is 1. The topological polar surface area (TPSA) is 81.1 Å². The van der Waals surface area contributed by atoms with E-state index >= 15 is 0 Å². The van der Waals surface area contributed by atoms with Crippen LogP contribution in [-0.2, 0) is 4.79 Å². The van der Waals surface area contributed by atoms with Gasteiger partial charge < -0.3 is 15.1 Å². The number of amides is 2. The first-order valence-electron chi connectivity index (χ1n) is 7.38. The van der Waals surface area contributed by atoms with Crippen molar-refractivity contribution in [3.05, 3.63) is 0 Å². The highest BCUT2D eigenvalue weighted by atomic mass is 32.2. The molecule has 0 bridgehead atoms. The Hall–Kier alpha value is -0.950. The van der Waals surface area contributed by atoms with E-state index in [1.165, 1.54) is 9.80 Å². The summed E-state index contributed by atoms with van der Waals surface area (Å²) in [5.74, 6) is -0.0788. The quantitative estimate of drug-likeness (QED) is 0.802. The minimum absolute atomic E-state index is 0.0329. The summed E-state index contributed by atoms with van der Waals surface area (Å²) >= 11 is 1.57. The van der Waals surface area contributed by atoms with Gasteiger partial charge in [-0.05, 0) is 39.5 Å². The molecule has 120 valence electrons. The fourth-order valence-corrected chi connectivity index (χ4v) is 4.27. The Morgan fingerprint density at radius 2 is 2.00 bits per heavy atom. The monoisotopic (exact) mass is 316 g/mol. The summed E-state index contributed by atoms with van der Waals surface area (Å²) in [6.45, 7) is 5.79. The molecule has 2 aliphatic rings. The first-order valence-corrected chi connectivity index (χ1v) is 8.43. The van der Waals surface area contributed by atoms with Crippen molar-refractivity contribution in [3.63, 3.8) is 0 Å². The van der Waals surface area contributed by atoms with Gasteiger partial charge in [0, 0.05) is 12.3 Å². The Morgan fingerprint density at radius 3 is 2.43 bits per heavy atom. The summed E-state index contributed by atoms with van der Waals surface area (Å²) in [7, 11) is 0. The van der Waals surface area contributed by atoms with E-state index < -0.39 is 17.6 Å². The molecule has 0 spiro atoms. The SMILES string of the molecule is CCN(CC(C)(C)O)C(=O)N1C(C(=O)O)CSC1C1CC1. The number of aliphatic hydroxyl groups is 1. The zero-order chi connectivity index (χ0) is 15.8. The maximum atomic E-state index is 12.8. The van der Waals surface area contributed by atoms with E-state index in [0.717, 1.165) is 12.8 Å². The molecule has 0 aromatic rings. The highest BCUT2D eigenvalue weighted by molar-refractivity contribution is 8.00. The molecular formula is C14H24N2O4S. The number of hydrogen-bond donors (Lipinski definition) is 2. The maximum Gasteiger partial charge on any atom is 0.327 e. The lowest BCUT2D eigenvalue weighted by molar-refractivity contribution is -0.141. The number of hydrogen-bond acceptors (Lipinski definition) is 4. The summed E-state index contributed by atoms with van der Waals surface area (Å²) < 4.78 is 0. The van der Waals surface area contributed by atoms with E-state index in [1.807, 2.05) is 6.92 Å². The summed E-state index contributed by atoms with van der Waals surface area (Å²) in [6, 6.07) is -1.03. The largest absolute Gasteiger partial charge is 0.480 e. The Kier molecular flexibility index (Phi) is 4.72. The average molecular weight is 316 g/mol. The van der Waals surface area contributed by atoms with Crippen LogP contribution in [0.2, 0.25) is 0 Å². The van der Waals surface area contributed by atoms with Gasteiger partial charge in [-0.25, -0.2) is 9.59 Å². The maximum absolute atomic E-state index is 12.8. The number of rotatable bonds is 5. The number of nitrogens with zero attached hydrogens (tertiary/aromatic N) is 2. The van der Waals surface area contributed by atoms with Gasteiger partial charge >= 0.3 is 12.0 Å². The van der Waals surface area contributed by atoms with E-state index in [9.17, 15) is 19.8 Å². The molecule has 1 aliphatic heterocycles. The van der Waals surface area contributed by atoms with Crippen LogP contribution in [0.25, 0.3) is 0 Å². The van der Waals surface area contributed by atoms with E-state index in [2.05, 4.69) is 0 Å². The van der Waals surface area contributed by atoms with Gasteiger partial charge in [0.25, 0.3) is 0 Å². The van der Waals surface area contributed by atoms with E-state index in [-0.39, 0.29) is 17.9 Å². The molecule has 0 aromatic carbocycles. The van der Waals surface area contributed by atoms with Gasteiger partial charge in [0.2, 0.25) is 0 Å².